The van der Waals surface area contributed by atoms with Gasteiger partial charge in [0, 0.05) is 0 Å². The van der Waals surface area contributed by atoms with E-state index in [1.807, 2.05) is 0 Å². The van der Waals surface area contributed by atoms with Crippen LogP contribution in [-0.2, 0) is 13.6 Å². The Labute approximate surface area is 115 Å². The topological polar surface area (TPSA) is 27.7 Å². The second kappa shape index (κ2) is 10.1. The predicted molar refractivity (Wildman–Crippen MR) is 78.5 cm³/mol. The molecule has 1 atom stereocenters. The van der Waals surface area contributed by atoms with Gasteiger partial charge in [-0.3, -0.25) is 0 Å². The third-order valence-electron chi connectivity index (χ3n) is 2.61. The minimum atomic E-state index is -1.18. The molecule has 0 amide bonds. The lowest BCUT2D eigenvalue weighted by Crippen LogP contribution is -2.12. The van der Waals surface area contributed by atoms with Gasteiger partial charge in [-0.05, 0) is 23.7 Å². The average Bonchev–Trinajstić information content (AvgIpc) is 2.26. The molecular formula is C14H31O3P. The molecule has 0 saturated heterocycles. The van der Waals surface area contributed by atoms with Gasteiger partial charge in [-0.1, -0.05) is 48.5 Å². The minimum Gasteiger partial charge on any atom is -0.312 e. The highest BCUT2D eigenvalue weighted by Gasteiger charge is 2.17. The molecule has 0 radical (unpaired) electrons. The molecule has 0 N–H and O–H groups in total. The van der Waals surface area contributed by atoms with Gasteiger partial charge >= 0.3 is 8.60 Å². The minimum absolute atomic E-state index is 0.503. The molecule has 0 bridgehead atoms. The van der Waals surface area contributed by atoms with Crippen molar-refractivity contribution in [2.24, 2.45) is 23.7 Å². The number of hydrogen-bond donors (Lipinski definition) is 0. The lowest BCUT2D eigenvalue weighted by Gasteiger charge is -2.22. The van der Waals surface area contributed by atoms with E-state index >= 15 is 0 Å². The van der Waals surface area contributed by atoms with E-state index in [9.17, 15) is 0 Å². The molecule has 3 nitrogen and oxygen atoms in total. The fourth-order valence-electron chi connectivity index (χ4n) is 0.903. The summed E-state index contributed by atoms with van der Waals surface area (Å²) in [5, 5.41) is 0. The van der Waals surface area contributed by atoms with Crippen molar-refractivity contribution >= 4 is 8.60 Å². The monoisotopic (exact) mass is 278 g/mol. The highest BCUT2D eigenvalue weighted by atomic mass is 31.2. The van der Waals surface area contributed by atoms with E-state index in [1.54, 1.807) is 0 Å². The van der Waals surface area contributed by atoms with Crippen LogP contribution in [0.25, 0.3) is 0 Å². The molecule has 0 spiro atoms. The van der Waals surface area contributed by atoms with Crippen molar-refractivity contribution < 1.29 is 13.6 Å². The average molecular weight is 278 g/mol. The van der Waals surface area contributed by atoms with Crippen LogP contribution in [0.15, 0.2) is 0 Å². The highest BCUT2D eigenvalue weighted by molar-refractivity contribution is 7.41. The van der Waals surface area contributed by atoms with Crippen LogP contribution < -0.4 is 0 Å². The zero-order chi connectivity index (χ0) is 14.1. The van der Waals surface area contributed by atoms with Crippen molar-refractivity contribution in [3.05, 3.63) is 0 Å². The molecule has 0 heterocycles. The molecule has 0 aromatic carbocycles. The van der Waals surface area contributed by atoms with E-state index < -0.39 is 8.60 Å². The first-order valence-corrected chi connectivity index (χ1v) is 8.11. The molecule has 0 aromatic heterocycles. The lowest BCUT2D eigenvalue weighted by atomic mass is 10.00. The summed E-state index contributed by atoms with van der Waals surface area (Å²) in [5.74, 6) is 2.16. The third kappa shape index (κ3) is 10.3. The fraction of sp³-hybridized carbons (Fsp3) is 1.00. The van der Waals surface area contributed by atoms with Crippen molar-refractivity contribution in [3.63, 3.8) is 0 Å². The zero-order valence-corrected chi connectivity index (χ0v) is 14.0. The first-order valence-electron chi connectivity index (χ1n) is 7.01. The molecule has 110 valence electrons. The third-order valence-corrected chi connectivity index (χ3v) is 3.69. The summed E-state index contributed by atoms with van der Waals surface area (Å²) in [5.41, 5.74) is 0. The smallest absolute Gasteiger partial charge is 0.312 e. The van der Waals surface area contributed by atoms with E-state index in [-0.39, 0.29) is 0 Å². The van der Waals surface area contributed by atoms with Crippen LogP contribution in [0.2, 0.25) is 0 Å². The quantitative estimate of drug-likeness (QED) is 0.534. The van der Waals surface area contributed by atoms with Gasteiger partial charge in [0.2, 0.25) is 0 Å². The van der Waals surface area contributed by atoms with E-state index in [0.717, 1.165) is 0 Å². The Morgan fingerprint density at radius 2 is 1.06 bits per heavy atom. The summed E-state index contributed by atoms with van der Waals surface area (Å²) in [6.07, 6.45) is 0. The van der Waals surface area contributed by atoms with Gasteiger partial charge in [-0.2, -0.15) is 0 Å². The molecule has 1 unspecified atom stereocenters. The van der Waals surface area contributed by atoms with E-state index in [1.165, 1.54) is 0 Å². The van der Waals surface area contributed by atoms with Gasteiger partial charge in [-0.25, -0.2) is 0 Å². The Morgan fingerprint density at radius 3 is 1.39 bits per heavy atom. The molecular weight excluding hydrogens is 247 g/mol. The van der Waals surface area contributed by atoms with Crippen LogP contribution in [0.3, 0.4) is 0 Å². The highest BCUT2D eigenvalue weighted by Crippen LogP contribution is 2.41. The van der Waals surface area contributed by atoms with Crippen molar-refractivity contribution in [2.75, 3.05) is 19.8 Å². The summed E-state index contributed by atoms with van der Waals surface area (Å²) < 4.78 is 17.2. The van der Waals surface area contributed by atoms with Crippen molar-refractivity contribution in [1.29, 1.82) is 0 Å². The zero-order valence-electron chi connectivity index (χ0n) is 13.1. The molecule has 4 heteroatoms. The van der Waals surface area contributed by atoms with Gasteiger partial charge in [0.05, 0.1) is 19.8 Å². The normalized spacial score (nSPS) is 14.2. The van der Waals surface area contributed by atoms with E-state index in [2.05, 4.69) is 48.5 Å². The fourth-order valence-corrected chi connectivity index (χ4v) is 2.32. The molecule has 0 fully saturated rings. The lowest BCUT2D eigenvalue weighted by molar-refractivity contribution is 0.120. The number of hydrogen-bond acceptors (Lipinski definition) is 3. The maximum absolute atomic E-state index is 5.79. The molecule has 0 saturated carbocycles. The second-order valence-electron chi connectivity index (χ2n) is 6.12. The Bertz CT molecular complexity index is 183. The Hall–Kier alpha value is 0.310. The standard InChI is InChI=1S/C14H31O3P/c1-11(2)8-15-18(16-9-12(3)4)17-10-14(7)13(5)6/h11-14H,8-10H2,1-7H3. The molecule has 0 aliphatic heterocycles. The molecule has 0 aliphatic carbocycles. The summed E-state index contributed by atoms with van der Waals surface area (Å²) in [6, 6.07) is 0. The predicted octanol–water partition coefficient (Wildman–Crippen LogP) is 4.87. The van der Waals surface area contributed by atoms with Gasteiger partial charge in [0.1, 0.15) is 0 Å². The van der Waals surface area contributed by atoms with Crippen LogP contribution in [0.4, 0.5) is 0 Å². The van der Waals surface area contributed by atoms with Crippen molar-refractivity contribution in [1.82, 2.24) is 0 Å². The summed E-state index contributed by atoms with van der Waals surface area (Å²) in [7, 11) is -1.18. The largest absolute Gasteiger partial charge is 0.332 e. The van der Waals surface area contributed by atoms with E-state index in [4.69, 9.17) is 13.6 Å². The van der Waals surface area contributed by atoms with Gasteiger partial charge in [0.25, 0.3) is 0 Å². The summed E-state index contributed by atoms with van der Waals surface area (Å²) in [6.45, 7) is 17.2. The molecule has 18 heavy (non-hydrogen) atoms. The molecule has 0 rings (SSSR count). The first kappa shape index (κ1) is 18.3. The number of rotatable bonds is 10. The molecule has 0 aromatic rings. The van der Waals surface area contributed by atoms with Crippen LogP contribution in [0.1, 0.15) is 48.5 Å². The second-order valence-corrected chi connectivity index (χ2v) is 7.34. The summed E-state index contributed by atoms with van der Waals surface area (Å²) >= 11 is 0. The SMILES string of the molecule is CC(C)COP(OCC(C)C)OCC(C)C(C)C. The van der Waals surface area contributed by atoms with Gasteiger partial charge < -0.3 is 13.6 Å². The maximum Gasteiger partial charge on any atom is 0.332 e. The Morgan fingerprint density at radius 1 is 0.667 bits per heavy atom. The Kier molecular flexibility index (Phi) is 10.3. The molecule has 0 aliphatic rings. The first-order chi connectivity index (χ1) is 8.32. The van der Waals surface area contributed by atoms with Crippen LogP contribution in [0.5, 0.6) is 0 Å². The van der Waals surface area contributed by atoms with Crippen LogP contribution in [-0.4, -0.2) is 19.8 Å². The Balaban J connectivity index is 4.03. The van der Waals surface area contributed by atoms with Crippen molar-refractivity contribution in [2.45, 2.75) is 48.5 Å². The van der Waals surface area contributed by atoms with E-state index in [0.29, 0.717) is 43.5 Å². The van der Waals surface area contributed by atoms with Crippen molar-refractivity contribution in [3.8, 4) is 0 Å². The van der Waals surface area contributed by atoms with Crippen LogP contribution in [0, 0.1) is 23.7 Å². The summed E-state index contributed by atoms with van der Waals surface area (Å²) in [4.78, 5) is 0. The van der Waals surface area contributed by atoms with Gasteiger partial charge in [0.15, 0.2) is 0 Å². The maximum atomic E-state index is 5.79. The van der Waals surface area contributed by atoms with Crippen LogP contribution >= 0.6 is 8.60 Å². The van der Waals surface area contributed by atoms with Gasteiger partial charge in [-0.15, -0.1) is 0 Å².